The lowest BCUT2D eigenvalue weighted by Crippen LogP contribution is -2.33. The highest BCUT2D eigenvalue weighted by Gasteiger charge is 2.24. The zero-order valence-corrected chi connectivity index (χ0v) is 20.6. The maximum absolute atomic E-state index is 13.5. The van der Waals surface area contributed by atoms with Gasteiger partial charge in [-0.15, -0.1) is 0 Å². The van der Waals surface area contributed by atoms with E-state index in [1.54, 1.807) is 24.1 Å². The summed E-state index contributed by atoms with van der Waals surface area (Å²) in [6, 6.07) is 11.5. The van der Waals surface area contributed by atoms with Gasteiger partial charge in [-0.05, 0) is 62.3 Å². The van der Waals surface area contributed by atoms with Crippen molar-refractivity contribution >= 4 is 44.2 Å². The molecule has 0 aliphatic heterocycles. The number of halogens is 1. The van der Waals surface area contributed by atoms with Gasteiger partial charge in [-0.3, -0.25) is 9.69 Å². The largest absolute Gasteiger partial charge is 0.494 e. The van der Waals surface area contributed by atoms with E-state index >= 15 is 0 Å². The first-order valence-electron chi connectivity index (χ1n) is 10.3. The molecule has 7 heteroatoms. The minimum Gasteiger partial charge on any atom is -0.494 e. The molecule has 166 valence electrons. The molecule has 0 spiro atoms. The van der Waals surface area contributed by atoms with Crippen LogP contribution in [0.4, 0.5) is 5.13 Å². The van der Waals surface area contributed by atoms with Crippen LogP contribution in [0.15, 0.2) is 36.4 Å². The molecule has 2 aromatic carbocycles. The Bertz CT molecular complexity index is 1060. The highest BCUT2D eigenvalue weighted by molar-refractivity contribution is 7.23. The third-order valence-electron chi connectivity index (χ3n) is 5.13. The number of methoxy groups -OCH3 is 1. The second kappa shape index (κ2) is 9.55. The SMILES string of the molecule is COc1ccc(Cl)c2sc(N(CCCN(C)C)C(=O)c3ccc(C(C)(C)C)cc3)nc12. The van der Waals surface area contributed by atoms with Crippen LogP contribution in [0.1, 0.15) is 43.1 Å². The molecule has 0 saturated heterocycles. The van der Waals surface area contributed by atoms with E-state index in [1.165, 1.54) is 16.9 Å². The summed E-state index contributed by atoms with van der Waals surface area (Å²) in [5.74, 6) is 0.588. The molecule has 0 bridgehead atoms. The van der Waals surface area contributed by atoms with Crippen molar-refractivity contribution in [3.05, 3.63) is 52.5 Å². The molecular weight excluding hydrogens is 430 g/mol. The molecule has 0 unspecified atom stereocenters. The second-order valence-corrected chi connectivity index (χ2v) is 10.2. The van der Waals surface area contributed by atoms with Gasteiger partial charge in [0.2, 0.25) is 0 Å². The number of hydrogen-bond donors (Lipinski definition) is 0. The average Bonchev–Trinajstić information content (AvgIpc) is 3.16. The fraction of sp³-hybridized carbons (Fsp3) is 0.417. The first-order chi connectivity index (χ1) is 14.6. The van der Waals surface area contributed by atoms with E-state index in [4.69, 9.17) is 21.3 Å². The zero-order chi connectivity index (χ0) is 22.8. The van der Waals surface area contributed by atoms with E-state index in [0.29, 0.717) is 33.5 Å². The summed E-state index contributed by atoms with van der Waals surface area (Å²) >= 11 is 7.83. The number of carbonyl (C=O) groups excluding carboxylic acids is 1. The van der Waals surface area contributed by atoms with Gasteiger partial charge in [0.15, 0.2) is 5.13 Å². The van der Waals surface area contributed by atoms with Gasteiger partial charge in [0.1, 0.15) is 11.3 Å². The first kappa shape index (κ1) is 23.5. The molecule has 0 N–H and O–H groups in total. The molecule has 0 fully saturated rings. The second-order valence-electron chi connectivity index (χ2n) is 8.86. The van der Waals surface area contributed by atoms with Crippen LogP contribution in [-0.2, 0) is 5.41 Å². The Morgan fingerprint density at radius 2 is 1.77 bits per heavy atom. The van der Waals surface area contributed by atoms with E-state index in [1.807, 2.05) is 38.4 Å². The Balaban J connectivity index is 1.99. The van der Waals surface area contributed by atoms with Crippen molar-refractivity contribution < 1.29 is 9.53 Å². The summed E-state index contributed by atoms with van der Waals surface area (Å²) in [6.07, 6.45) is 0.833. The van der Waals surface area contributed by atoms with E-state index in [-0.39, 0.29) is 11.3 Å². The summed E-state index contributed by atoms with van der Waals surface area (Å²) in [4.78, 5) is 22.1. The van der Waals surface area contributed by atoms with E-state index in [2.05, 4.69) is 25.7 Å². The van der Waals surface area contributed by atoms with Crippen LogP contribution >= 0.6 is 22.9 Å². The molecule has 0 aliphatic carbocycles. The van der Waals surface area contributed by atoms with Gasteiger partial charge in [-0.25, -0.2) is 4.98 Å². The molecule has 5 nitrogen and oxygen atoms in total. The Morgan fingerprint density at radius 1 is 1.10 bits per heavy atom. The predicted molar refractivity (Wildman–Crippen MR) is 131 cm³/mol. The molecule has 0 saturated carbocycles. The number of anilines is 1. The molecule has 0 atom stereocenters. The molecule has 0 aliphatic rings. The van der Waals surface area contributed by atoms with Crippen molar-refractivity contribution in [2.75, 3.05) is 39.2 Å². The number of hydrogen-bond acceptors (Lipinski definition) is 5. The number of carbonyl (C=O) groups is 1. The Hall–Kier alpha value is -2.15. The predicted octanol–water partition coefficient (Wildman–Crippen LogP) is 5.85. The fourth-order valence-electron chi connectivity index (χ4n) is 3.32. The summed E-state index contributed by atoms with van der Waals surface area (Å²) < 4.78 is 6.28. The molecule has 1 amide bonds. The third kappa shape index (κ3) is 5.37. The van der Waals surface area contributed by atoms with Crippen molar-refractivity contribution in [1.82, 2.24) is 9.88 Å². The van der Waals surface area contributed by atoms with E-state index in [0.717, 1.165) is 17.7 Å². The van der Waals surface area contributed by atoms with Gasteiger partial charge in [0.05, 0.1) is 16.8 Å². The first-order valence-corrected chi connectivity index (χ1v) is 11.5. The van der Waals surface area contributed by atoms with Gasteiger partial charge < -0.3 is 9.64 Å². The Labute approximate surface area is 193 Å². The number of benzene rings is 2. The Kier molecular flexibility index (Phi) is 7.24. The standard InChI is InChI=1S/C24H30ClN3O2S/c1-24(2,3)17-10-8-16(9-11-17)22(29)28(15-7-14-27(4)5)23-26-20-19(30-6)13-12-18(25)21(20)31-23/h8-13H,7,14-15H2,1-6H3. The van der Waals surface area contributed by atoms with Gasteiger partial charge in [-0.1, -0.05) is 55.8 Å². The number of aromatic nitrogens is 1. The number of fused-ring (bicyclic) bond motifs is 1. The van der Waals surface area contributed by atoms with Crippen LogP contribution in [-0.4, -0.2) is 50.1 Å². The number of nitrogens with zero attached hydrogens (tertiary/aromatic N) is 3. The van der Waals surface area contributed by atoms with Crippen molar-refractivity contribution in [2.45, 2.75) is 32.6 Å². The van der Waals surface area contributed by atoms with Crippen LogP contribution in [0.25, 0.3) is 10.2 Å². The quantitative estimate of drug-likeness (QED) is 0.444. The smallest absolute Gasteiger partial charge is 0.260 e. The van der Waals surface area contributed by atoms with Gasteiger partial charge in [0, 0.05) is 12.1 Å². The van der Waals surface area contributed by atoms with Gasteiger partial charge in [0.25, 0.3) is 5.91 Å². The maximum Gasteiger partial charge on any atom is 0.260 e. The van der Waals surface area contributed by atoms with Crippen LogP contribution in [0.3, 0.4) is 0 Å². The molecular formula is C24H30ClN3O2S. The van der Waals surface area contributed by atoms with Crippen molar-refractivity contribution in [3.63, 3.8) is 0 Å². The monoisotopic (exact) mass is 459 g/mol. The minimum absolute atomic E-state index is 0.0350. The average molecular weight is 460 g/mol. The number of ether oxygens (including phenoxy) is 1. The van der Waals surface area contributed by atoms with Crippen LogP contribution in [0, 0.1) is 0 Å². The molecule has 1 aromatic heterocycles. The number of rotatable bonds is 7. The highest BCUT2D eigenvalue weighted by atomic mass is 35.5. The molecule has 3 rings (SSSR count). The molecule has 3 aromatic rings. The van der Waals surface area contributed by atoms with E-state index in [9.17, 15) is 4.79 Å². The third-order valence-corrected chi connectivity index (χ3v) is 6.67. The summed E-state index contributed by atoms with van der Waals surface area (Å²) in [7, 11) is 5.66. The normalized spacial score (nSPS) is 11.9. The maximum atomic E-state index is 13.5. The number of amides is 1. The minimum atomic E-state index is -0.0617. The summed E-state index contributed by atoms with van der Waals surface area (Å²) in [5, 5.41) is 1.24. The fourth-order valence-corrected chi connectivity index (χ4v) is 4.60. The summed E-state index contributed by atoms with van der Waals surface area (Å²) in [5.41, 5.74) is 2.56. The highest BCUT2D eigenvalue weighted by Crippen LogP contribution is 2.39. The zero-order valence-electron chi connectivity index (χ0n) is 19.0. The van der Waals surface area contributed by atoms with E-state index < -0.39 is 0 Å². The lowest BCUT2D eigenvalue weighted by Gasteiger charge is -2.22. The molecule has 0 radical (unpaired) electrons. The molecule has 31 heavy (non-hydrogen) atoms. The van der Waals surface area contributed by atoms with Crippen LogP contribution < -0.4 is 9.64 Å². The van der Waals surface area contributed by atoms with Gasteiger partial charge >= 0.3 is 0 Å². The lowest BCUT2D eigenvalue weighted by atomic mass is 9.86. The van der Waals surface area contributed by atoms with Crippen molar-refractivity contribution in [1.29, 1.82) is 0 Å². The Morgan fingerprint density at radius 3 is 2.35 bits per heavy atom. The lowest BCUT2D eigenvalue weighted by molar-refractivity contribution is 0.0986. The van der Waals surface area contributed by atoms with Gasteiger partial charge in [-0.2, -0.15) is 0 Å². The summed E-state index contributed by atoms with van der Waals surface area (Å²) in [6.45, 7) is 7.93. The van der Waals surface area contributed by atoms with Crippen molar-refractivity contribution in [3.8, 4) is 5.75 Å². The molecule has 1 heterocycles. The van der Waals surface area contributed by atoms with Crippen LogP contribution in [0.5, 0.6) is 5.75 Å². The van der Waals surface area contributed by atoms with Crippen molar-refractivity contribution in [2.24, 2.45) is 0 Å². The van der Waals surface area contributed by atoms with Crippen LogP contribution in [0.2, 0.25) is 5.02 Å². The number of thiazole rings is 1. The topological polar surface area (TPSA) is 45.7 Å².